The summed E-state index contributed by atoms with van der Waals surface area (Å²) < 4.78 is 21.7. The van der Waals surface area contributed by atoms with Crippen LogP contribution in [0.25, 0.3) is 56.5 Å². The highest BCUT2D eigenvalue weighted by Gasteiger charge is 2.23. The predicted octanol–water partition coefficient (Wildman–Crippen LogP) is 13.7. The van der Waals surface area contributed by atoms with E-state index < -0.39 is 0 Å². The van der Waals surface area contributed by atoms with Gasteiger partial charge in [-0.2, -0.15) is 0 Å². The number of benzene rings is 4. The Kier molecular flexibility index (Phi) is 11.9. The first-order valence-corrected chi connectivity index (χ1v) is 24.6. The number of ether oxygens (including phenoxy) is 2. The van der Waals surface area contributed by atoms with Crippen molar-refractivity contribution in [1.82, 2.24) is 29.1 Å². The molecule has 72 heavy (non-hydrogen) atoms. The molecular formula is C62H62N8O2. The third kappa shape index (κ3) is 9.73. The van der Waals surface area contributed by atoms with E-state index in [4.69, 9.17) is 29.4 Å². The largest absolute Gasteiger partial charge is 0.458 e. The molecule has 0 atom stereocenters. The quantitative estimate of drug-likeness (QED) is 0.106. The zero-order valence-corrected chi connectivity index (χ0v) is 43.4. The summed E-state index contributed by atoms with van der Waals surface area (Å²) in [6.45, 7) is 26.4. The Morgan fingerprint density at radius 1 is 0.389 bits per heavy atom. The maximum atomic E-state index is 6.74. The maximum Gasteiger partial charge on any atom is 0.271 e. The first-order valence-electron chi connectivity index (χ1n) is 24.6. The van der Waals surface area contributed by atoms with Crippen LogP contribution in [0.15, 0.2) is 158 Å². The number of nitrogens with zero attached hydrogens (tertiary/aromatic N) is 8. The summed E-state index contributed by atoms with van der Waals surface area (Å²) in [7, 11) is 0. The van der Waals surface area contributed by atoms with E-state index in [1.165, 1.54) is 11.1 Å². The van der Waals surface area contributed by atoms with Crippen LogP contribution < -0.4 is 18.6 Å². The number of imidazole rings is 2. The van der Waals surface area contributed by atoms with Crippen molar-refractivity contribution in [2.24, 2.45) is 0 Å². The standard InChI is InChI=1S/C62H62N8O2/c1-59(2,3)41-21-23-57(65-37-41)69-39-67(53-17-13-15-19-55(53)69)45-29-43(61(7,8)9)31-49(33-45)71-47-25-27-63-51(35-47)52-36-48(26-28-64-52)72-50-32-44(62(10,11)12)30-46(34-50)68-40-70(56-20-16-14-18-54(56)68)58-24-22-42(38-66-58)60(4,5)6/h13-38H,1-12H3. The molecule has 0 amide bonds. The van der Waals surface area contributed by atoms with Crippen molar-refractivity contribution >= 4 is 22.1 Å². The highest BCUT2D eigenvalue weighted by molar-refractivity contribution is 5.75. The molecule has 0 unspecified atom stereocenters. The molecule has 0 fully saturated rings. The fourth-order valence-electron chi connectivity index (χ4n) is 8.68. The van der Waals surface area contributed by atoms with Gasteiger partial charge in [0.15, 0.2) is 11.6 Å². The molecule has 10 aromatic rings. The summed E-state index contributed by atoms with van der Waals surface area (Å²) in [5, 5.41) is 0. The minimum Gasteiger partial charge on any atom is -0.458 e. The van der Waals surface area contributed by atoms with Gasteiger partial charge in [-0.3, -0.25) is 38.2 Å². The SMILES string of the molecule is CC(C)(C)c1ccc(-n2[c-][n+](-c3cc(Oc4ccnc(-c5cc(Oc6cc(-[n+]7[c-]n(-c8ccc(C(C)(C)C)cn8)c8ccccc87)cc(C(C)(C)C)c6)ccn5)c4)cc(C(C)(C)C)c3)c3ccccc32)nc1. The van der Waals surface area contributed by atoms with Gasteiger partial charge in [-0.15, -0.1) is 0 Å². The molecule has 10 heteroatoms. The third-order valence-electron chi connectivity index (χ3n) is 13.0. The first kappa shape index (κ1) is 47.7. The highest BCUT2D eigenvalue weighted by Crippen LogP contribution is 2.35. The zero-order chi connectivity index (χ0) is 50.7. The second-order valence-electron chi connectivity index (χ2n) is 22.7. The number of pyridine rings is 4. The number of fused-ring (bicyclic) bond motifs is 2. The topological polar surface area (TPSA) is 87.6 Å². The van der Waals surface area contributed by atoms with E-state index in [1.807, 2.05) is 57.9 Å². The average Bonchev–Trinajstić information content (AvgIpc) is 3.93. The number of hydrogen-bond acceptors (Lipinski definition) is 6. The van der Waals surface area contributed by atoms with E-state index >= 15 is 0 Å². The summed E-state index contributed by atoms with van der Waals surface area (Å²) in [4.78, 5) is 19.3. The number of rotatable bonds is 9. The predicted molar refractivity (Wildman–Crippen MR) is 285 cm³/mol. The molecule has 0 N–H and O–H groups in total. The second-order valence-corrected chi connectivity index (χ2v) is 22.7. The van der Waals surface area contributed by atoms with Crippen molar-refractivity contribution in [2.45, 2.75) is 105 Å². The molecule has 4 aromatic carbocycles. The van der Waals surface area contributed by atoms with Gasteiger partial charge < -0.3 is 9.47 Å². The van der Waals surface area contributed by atoms with Gasteiger partial charge >= 0.3 is 0 Å². The van der Waals surface area contributed by atoms with E-state index in [2.05, 4.69) is 202 Å². The van der Waals surface area contributed by atoms with E-state index in [0.29, 0.717) is 34.4 Å². The van der Waals surface area contributed by atoms with Crippen molar-refractivity contribution in [3.63, 3.8) is 0 Å². The molecule has 0 bridgehead atoms. The smallest absolute Gasteiger partial charge is 0.271 e. The van der Waals surface area contributed by atoms with Gasteiger partial charge in [0.2, 0.25) is 0 Å². The third-order valence-corrected chi connectivity index (χ3v) is 13.0. The molecule has 10 rings (SSSR count). The van der Waals surface area contributed by atoms with Gasteiger partial charge in [0.05, 0.1) is 44.8 Å². The van der Waals surface area contributed by atoms with Crippen LogP contribution in [0.3, 0.4) is 0 Å². The molecule has 362 valence electrons. The van der Waals surface area contributed by atoms with Gasteiger partial charge in [-0.05, 0) is 105 Å². The minimum atomic E-state index is -0.176. The van der Waals surface area contributed by atoms with Crippen LogP contribution in [0.2, 0.25) is 0 Å². The highest BCUT2D eigenvalue weighted by atomic mass is 16.5. The fourth-order valence-corrected chi connectivity index (χ4v) is 8.68. The Labute approximate surface area is 423 Å². The lowest BCUT2D eigenvalue weighted by Gasteiger charge is -2.22. The van der Waals surface area contributed by atoms with Gasteiger partial charge in [-0.1, -0.05) is 144 Å². The van der Waals surface area contributed by atoms with E-state index in [1.54, 1.807) is 12.4 Å². The van der Waals surface area contributed by atoms with Gasteiger partial charge in [-0.25, -0.2) is 0 Å². The molecule has 0 spiro atoms. The molecule has 0 radical (unpaired) electrons. The maximum absolute atomic E-state index is 6.74. The number of hydrogen-bond donors (Lipinski definition) is 0. The van der Waals surface area contributed by atoms with E-state index in [-0.39, 0.29) is 21.7 Å². The van der Waals surface area contributed by atoms with Crippen LogP contribution in [0, 0.1) is 12.7 Å². The van der Waals surface area contributed by atoms with Gasteiger partial charge in [0, 0.05) is 36.9 Å². The lowest BCUT2D eigenvalue weighted by molar-refractivity contribution is -0.572. The average molecular weight is 951 g/mol. The molecular weight excluding hydrogens is 889 g/mol. The van der Waals surface area contributed by atoms with Crippen LogP contribution in [-0.2, 0) is 21.7 Å². The monoisotopic (exact) mass is 950 g/mol. The molecule has 6 heterocycles. The Morgan fingerprint density at radius 3 is 1.14 bits per heavy atom. The lowest BCUT2D eigenvalue weighted by Crippen LogP contribution is -2.30. The Balaban J connectivity index is 0.957. The summed E-state index contributed by atoms with van der Waals surface area (Å²) >= 11 is 0. The van der Waals surface area contributed by atoms with Crippen LogP contribution in [-0.4, -0.2) is 29.1 Å². The summed E-state index contributed by atoms with van der Waals surface area (Å²) in [6, 6.07) is 45.4. The Morgan fingerprint density at radius 2 is 0.778 bits per heavy atom. The molecule has 0 aliphatic rings. The molecule has 0 saturated carbocycles. The van der Waals surface area contributed by atoms with Crippen molar-refractivity contribution in [3.8, 4) is 57.4 Å². The summed E-state index contributed by atoms with van der Waals surface area (Å²) in [6.07, 6.45) is 14.7. The minimum absolute atomic E-state index is 0.00348. The zero-order valence-electron chi connectivity index (χ0n) is 43.4. The number of aromatic nitrogens is 8. The van der Waals surface area contributed by atoms with Crippen molar-refractivity contribution < 1.29 is 18.6 Å². The molecule has 6 aromatic heterocycles. The van der Waals surface area contributed by atoms with Crippen molar-refractivity contribution in [3.05, 3.63) is 193 Å². The molecule has 0 aliphatic heterocycles. The van der Waals surface area contributed by atoms with Gasteiger partial charge in [0.25, 0.3) is 12.7 Å². The molecule has 0 saturated heterocycles. The molecule has 10 nitrogen and oxygen atoms in total. The Hall–Kier alpha value is -7.98. The van der Waals surface area contributed by atoms with Gasteiger partial charge in [0.1, 0.15) is 23.0 Å². The second kappa shape index (κ2) is 18.0. The first-order chi connectivity index (χ1) is 34.2. The van der Waals surface area contributed by atoms with Crippen LogP contribution in [0.5, 0.6) is 23.0 Å². The van der Waals surface area contributed by atoms with Crippen LogP contribution >= 0.6 is 0 Å². The fraction of sp³-hybridized carbons (Fsp3) is 0.258. The molecule has 0 aliphatic carbocycles. The van der Waals surface area contributed by atoms with E-state index in [0.717, 1.165) is 56.2 Å². The van der Waals surface area contributed by atoms with Crippen molar-refractivity contribution in [2.75, 3.05) is 0 Å². The number of para-hydroxylation sites is 4. The lowest BCUT2D eigenvalue weighted by atomic mass is 9.86. The van der Waals surface area contributed by atoms with Crippen LogP contribution in [0.1, 0.15) is 105 Å². The Bertz CT molecular complexity index is 3380. The van der Waals surface area contributed by atoms with Crippen LogP contribution in [0.4, 0.5) is 0 Å². The van der Waals surface area contributed by atoms with E-state index in [9.17, 15) is 0 Å². The van der Waals surface area contributed by atoms with Crippen molar-refractivity contribution in [1.29, 1.82) is 0 Å². The summed E-state index contributed by atoms with van der Waals surface area (Å²) in [5.41, 5.74) is 11.3. The summed E-state index contributed by atoms with van der Waals surface area (Å²) in [5.74, 6) is 4.22. The normalized spacial score (nSPS) is 12.4.